The lowest BCUT2D eigenvalue weighted by Crippen LogP contribution is -2.55. The molecular formula is C25H23F4N7O2. The quantitative estimate of drug-likeness (QED) is 0.393. The van der Waals surface area contributed by atoms with E-state index in [0.29, 0.717) is 21.5 Å². The molecule has 0 bridgehead atoms. The van der Waals surface area contributed by atoms with Gasteiger partial charge in [-0.3, -0.25) is 9.59 Å². The van der Waals surface area contributed by atoms with Crippen LogP contribution in [0.2, 0.25) is 0 Å². The zero-order valence-electron chi connectivity index (χ0n) is 20.4. The summed E-state index contributed by atoms with van der Waals surface area (Å²) < 4.78 is 60.1. The number of nitrogens with two attached hydrogens (primary N) is 1. The standard InChI is InChI=1S/C25H23F4N7O2/c1-13-31-21-18(34(13)2)8-6-16(23(21)35-11-10-19(30)25(28,29)12-35)32-24(38)17-7-9-20(37)36(33-17)22-14(26)4-3-5-15(22)27/h3-9,19H,10-12,30H2,1-2H3,(H,32,38). The number of halogens is 4. The molecule has 9 nitrogen and oxygen atoms in total. The smallest absolute Gasteiger partial charge is 0.280 e. The van der Waals surface area contributed by atoms with Gasteiger partial charge in [-0.05, 0) is 43.7 Å². The number of hydrogen-bond donors (Lipinski definition) is 2. The molecule has 0 radical (unpaired) electrons. The van der Waals surface area contributed by atoms with Gasteiger partial charge < -0.3 is 20.5 Å². The second-order valence-corrected chi connectivity index (χ2v) is 9.12. The van der Waals surface area contributed by atoms with Gasteiger partial charge in [0.25, 0.3) is 17.4 Å². The highest BCUT2D eigenvalue weighted by Crippen LogP contribution is 2.38. The summed E-state index contributed by atoms with van der Waals surface area (Å²) in [5.74, 6) is -5.46. The Hall–Kier alpha value is -4.26. The maximum atomic E-state index is 14.6. The van der Waals surface area contributed by atoms with Crippen LogP contribution in [0.3, 0.4) is 0 Å². The molecule has 0 saturated carbocycles. The Bertz CT molecular complexity index is 1610. The minimum absolute atomic E-state index is 0.0172. The minimum atomic E-state index is -3.17. The molecule has 3 N–H and O–H groups in total. The normalized spacial score (nSPS) is 17.1. The first-order chi connectivity index (χ1) is 18.0. The molecule has 13 heteroatoms. The molecule has 1 atom stereocenters. The van der Waals surface area contributed by atoms with Crippen molar-refractivity contribution in [2.75, 3.05) is 23.3 Å². The van der Waals surface area contributed by atoms with Crippen LogP contribution >= 0.6 is 0 Å². The summed E-state index contributed by atoms with van der Waals surface area (Å²) >= 11 is 0. The summed E-state index contributed by atoms with van der Waals surface area (Å²) in [4.78, 5) is 31.5. The highest BCUT2D eigenvalue weighted by molar-refractivity contribution is 6.08. The lowest BCUT2D eigenvalue weighted by Gasteiger charge is -2.38. The van der Waals surface area contributed by atoms with Crippen LogP contribution in [0.4, 0.5) is 28.9 Å². The molecule has 5 rings (SSSR count). The summed E-state index contributed by atoms with van der Waals surface area (Å²) in [6.45, 7) is 1.28. The van der Waals surface area contributed by atoms with Gasteiger partial charge >= 0.3 is 0 Å². The number of benzene rings is 2. The first-order valence-electron chi connectivity index (χ1n) is 11.7. The molecule has 1 saturated heterocycles. The molecule has 1 aliphatic heterocycles. The number of aromatic nitrogens is 4. The molecular weight excluding hydrogens is 506 g/mol. The van der Waals surface area contributed by atoms with Crippen molar-refractivity contribution in [3.05, 3.63) is 76.0 Å². The maximum absolute atomic E-state index is 14.6. The molecule has 1 amide bonds. The molecule has 38 heavy (non-hydrogen) atoms. The SMILES string of the molecule is Cc1nc2c(N3CCC(N)C(F)(F)C3)c(NC(=O)c3ccc(=O)n(-c4c(F)cccc4F)n3)ccc2n1C. The summed E-state index contributed by atoms with van der Waals surface area (Å²) in [6, 6.07) is 7.03. The average Bonchev–Trinajstić information content (AvgIpc) is 3.15. The van der Waals surface area contributed by atoms with Gasteiger partial charge in [-0.25, -0.2) is 22.5 Å². The van der Waals surface area contributed by atoms with Crippen LogP contribution in [0.5, 0.6) is 0 Å². The third-order valence-corrected chi connectivity index (χ3v) is 6.65. The number of nitrogens with one attached hydrogen (secondary N) is 1. The molecule has 198 valence electrons. The molecule has 1 fully saturated rings. The Morgan fingerprint density at radius 1 is 1.11 bits per heavy atom. The number of piperidine rings is 1. The van der Waals surface area contributed by atoms with Crippen molar-refractivity contribution in [1.82, 2.24) is 19.3 Å². The lowest BCUT2D eigenvalue weighted by atomic mass is 10.0. The number of alkyl halides is 2. The number of imidazole rings is 1. The van der Waals surface area contributed by atoms with E-state index in [2.05, 4.69) is 15.4 Å². The predicted molar refractivity (Wildman–Crippen MR) is 133 cm³/mol. The third-order valence-electron chi connectivity index (χ3n) is 6.65. The van der Waals surface area contributed by atoms with E-state index in [0.717, 1.165) is 30.3 Å². The summed E-state index contributed by atoms with van der Waals surface area (Å²) in [5, 5.41) is 6.50. The monoisotopic (exact) mass is 529 g/mol. The molecule has 0 spiro atoms. The predicted octanol–water partition coefficient (Wildman–Crippen LogP) is 3.13. The van der Waals surface area contributed by atoms with Gasteiger partial charge in [0.2, 0.25) is 0 Å². The van der Waals surface area contributed by atoms with Crippen LogP contribution in [0, 0.1) is 18.6 Å². The van der Waals surface area contributed by atoms with E-state index in [-0.39, 0.29) is 30.0 Å². The number of carbonyl (C=O) groups is 1. The van der Waals surface area contributed by atoms with Crippen LogP contribution in [-0.4, -0.2) is 50.3 Å². The second kappa shape index (κ2) is 9.24. The number of para-hydroxylation sites is 1. The van der Waals surface area contributed by atoms with Gasteiger partial charge in [0.1, 0.15) is 22.7 Å². The average molecular weight is 529 g/mol. The van der Waals surface area contributed by atoms with E-state index < -0.39 is 47.3 Å². The maximum Gasteiger partial charge on any atom is 0.280 e. The van der Waals surface area contributed by atoms with Crippen LogP contribution in [0.25, 0.3) is 16.7 Å². The van der Waals surface area contributed by atoms with Crippen molar-refractivity contribution in [2.24, 2.45) is 12.8 Å². The third kappa shape index (κ3) is 4.28. The van der Waals surface area contributed by atoms with Gasteiger partial charge in [-0.2, -0.15) is 9.78 Å². The topological polar surface area (TPSA) is 111 Å². The summed E-state index contributed by atoms with van der Waals surface area (Å²) in [7, 11) is 1.78. The van der Waals surface area contributed by atoms with Gasteiger partial charge in [0.15, 0.2) is 11.6 Å². The van der Waals surface area contributed by atoms with E-state index >= 15 is 0 Å². The number of aryl methyl sites for hydroxylation is 2. The molecule has 3 heterocycles. The Kier molecular flexibility index (Phi) is 6.18. The van der Waals surface area contributed by atoms with Crippen molar-refractivity contribution in [1.29, 1.82) is 0 Å². The Morgan fingerprint density at radius 2 is 1.82 bits per heavy atom. The first-order valence-corrected chi connectivity index (χ1v) is 11.7. The Morgan fingerprint density at radius 3 is 2.50 bits per heavy atom. The minimum Gasteiger partial charge on any atom is -0.362 e. The van der Waals surface area contributed by atoms with E-state index in [1.54, 1.807) is 30.7 Å². The number of carbonyl (C=O) groups excluding carboxylic acids is 1. The van der Waals surface area contributed by atoms with Crippen LogP contribution in [-0.2, 0) is 7.05 Å². The number of amides is 1. The van der Waals surface area contributed by atoms with Crippen LogP contribution in [0.1, 0.15) is 22.7 Å². The van der Waals surface area contributed by atoms with E-state index in [9.17, 15) is 27.2 Å². The molecule has 0 aliphatic carbocycles. The number of nitrogens with zero attached hydrogens (tertiary/aromatic N) is 5. The van der Waals surface area contributed by atoms with Crippen LogP contribution in [0.15, 0.2) is 47.3 Å². The Balaban J connectivity index is 1.57. The fourth-order valence-corrected chi connectivity index (χ4v) is 4.50. The zero-order valence-corrected chi connectivity index (χ0v) is 20.4. The summed E-state index contributed by atoms with van der Waals surface area (Å²) in [6.07, 6.45) is 0.0172. The second-order valence-electron chi connectivity index (χ2n) is 9.12. The highest BCUT2D eigenvalue weighted by atomic mass is 19.3. The van der Waals surface area contributed by atoms with Gasteiger partial charge in [0, 0.05) is 19.7 Å². The van der Waals surface area contributed by atoms with Crippen molar-refractivity contribution in [2.45, 2.75) is 25.3 Å². The lowest BCUT2D eigenvalue weighted by molar-refractivity contribution is -0.0299. The largest absolute Gasteiger partial charge is 0.362 e. The van der Waals surface area contributed by atoms with E-state index in [1.165, 1.54) is 4.90 Å². The molecule has 2 aromatic carbocycles. The van der Waals surface area contributed by atoms with Gasteiger partial charge in [-0.15, -0.1) is 0 Å². The van der Waals surface area contributed by atoms with Crippen LogP contribution < -0.4 is 21.5 Å². The molecule has 2 aromatic heterocycles. The fraction of sp³-hybridized carbons (Fsp3) is 0.280. The van der Waals surface area contributed by atoms with Crippen molar-refractivity contribution in [3.8, 4) is 5.69 Å². The number of fused-ring (bicyclic) bond motifs is 1. The number of hydrogen-bond acceptors (Lipinski definition) is 6. The first kappa shape index (κ1) is 25.4. The number of anilines is 2. The fourth-order valence-electron chi connectivity index (χ4n) is 4.50. The molecule has 1 aliphatic rings. The van der Waals surface area contributed by atoms with Gasteiger partial charge in [0.05, 0.1) is 29.5 Å². The number of rotatable bonds is 4. The van der Waals surface area contributed by atoms with Crippen molar-refractivity contribution >= 4 is 28.3 Å². The molecule has 1 unspecified atom stereocenters. The zero-order chi connectivity index (χ0) is 27.4. The van der Waals surface area contributed by atoms with Gasteiger partial charge in [-0.1, -0.05) is 6.07 Å². The Labute approximate surface area is 213 Å². The highest BCUT2D eigenvalue weighted by Gasteiger charge is 2.43. The summed E-state index contributed by atoms with van der Waals surface area (Å²) in [5.41, 5.74) is 5.22. The van der Waals surface area contributed by atoms with Crippen molar-refractivity contribution in [3.63, 3.8) is 0 Å². The van der Waals surface area contributed by atoms with Crippen molar-refractivity contribution < 1.29 is 22.4 Å². The molecule has 4 aromatic rings. The van der Waals surface area contributed by atoms with E-state index in [1.807, 2.05) is 0 Å². The van der Waals surface area contributed by atoms with E-state index in [4.69, 9.17) is 5.73 Å².